The van der Waals surface area contributed by atoms with E-state index < -0.39 is 0 Å². The summed E-state index contributed by atoms with van der Waals surface area (Å²) in [6.07, 6.45) is 7.45. The summed E-state index contributed by atoms with van der Waals surface area (Å²) in [5.41, 5.74) is 1.15. The van der Waals surface area contributed by atoms with Crippen molar-refractivity contribution in [3.63, 3.8) is 0 Å². The van der Waals surface area contributed by atoms with Crippen LogP contribution >= 0.6 is 0 Å². The summed E-state index contributed by atoms with van der Waals surface area (Å²) in [5, 5.41) is 0. The van der Waals surface area contributed by atoms with Crippen molar-refractivity contribution >= 4 is 0 Å². The highest BCUT2D eigenvalue weighted by atomic mass is 15.2. The molecular weight excluding hydrogens is 284 g/mol. The van der Waals surface area contributed by atoms with Crippen molar-refractivity contribution < 1.29 is 0 Å². The molecule has 0 radical (unpaired) electrons. The van der Waals surface area contributed by atoms with Gasteiger partial charge in [0.05, 0.1) is 5.69 Å². The van der Waals surface area contributed by atoms with Crippen LogP contribution in [0.15, 0.2) is 12.3 Å². The predicted molar refractivity (Wildman–Crippen MR) is 96.6 cm³/mol. The number of aromatic nitrogens is 2. The van der Waals surface area contributed by atoms with Gasteiger partial charge in [-0.3, -0.25) is 4.90 Å². The Morgan fingerprint density at radius 3 is 2.39 bits per heavy atom. The molecule has 1 aliphatic heterocycles. The zero-order valence-electron chi connectivity index (χ0n) is 15.5. The lowest BCUT2D eigenvalue weighted by molar-refractivity contribution is 0.169. The minimum Gasteiger partial charge on any atom is -0.302 e. The van der Waals surface area contributed by atoms with Gasteiger partial charge >= 0.3 is 0 Å². The van der Waals surface area contributed by atoms with E-state index in [-0.39, 0.29) is 0 Å². The van der Waals surface area contributed by atoms with Crippen molar-refractivity contribution in [1.29, 1.82) is 0 Å². The van der Waals surface area contributed by atoms with E-state index in [1.807, 2.05) is 6.20 Å². The van der Waals surface area contributed by atoms with Crippen molar-refractivity contribution in [2.45, 2.75) is 71.9 Å². The topological polar surface area (TPSA) is 32.3 Å². The number of likely N-dealkylation sites (tertiary alicyclic amines) is 1. The van der Waals surface area contributed by atoms with Gasteiger partial charge in [-0.2, -0.15) is 0 Å². The summed E-state index contributed by atoms with van der Waals surface area (Å²) < 4.78 is 0. The molecule has 0 bridgehead atoms. The van der Waals surface area contributed by atoms with E-state index in [0.717, 1.165) is 24.6 Å². The highest BCUT2D eigenvalue weighted by Crippen LogP contribution is 2.13. The second kappa shape index (κ2) is 9.33. The number of nitrogens with zero attached hydrogens (tertiary/aromatic N) is 4. The van der Waals surface area contributed by atoms with Crippen molar-refractivity contribution in [2.75, 3.05) is 26.2 Å². The van der Waals surface area contributed by atoms with Crippen LogP contribution in [0, 0.1) is 0 Å². The van der Waals surface area contributed by atoms with E-state index in [1.54, 1.807) is 0 Å². The molecule has 23 heavy (non-hydrogen) atoms. The van der Waals surface area contributed by atoms with Gasteiger partial charge in [-0.1, -0.05) is 26.7 Å². The molecule has 130 valence electrons. The Kier molecular flexibility index (Phi) is 7.44. The summed E-state index contributed by atoms with van der Waals surface area (Å²) in [6.45, 7) is 14.7. The highest BCUT2D eigenvalue weighted by molar-refractivity contribution is 5.04. The lowest BCUT2D eigenvalue weighted by atomic mass is 10.2. The molecule has 4 nitrogen and oxygen atoms in total. The quantitative estimate of drug-likeness (QED) is 0.767. The van der Waals surface area contributed by atoms with E-state index in [2.05, 4.69) is 48.5 Å². The van der Waals surface area contributed by atoms with E-state index in [1.165, 1.54) is 45.3 Å². The van der Waals surface area contributed by atoms with Crippen LogP contribution in [0.2, 0.25) is 0 Å². The van der Waals surface area contributed by atoms with Crippen molar-refractivity contribution in [3.05, 3.63) is 23.8 Å². The van der Waals surface area contributed by atoms with E-state index >= 15 is 0 Å². The zero-order valence-corrected chi connectivity index (χ0v) is 15.5. The van der Waals surface area contributed by atoms with Crippen LogP contribution in [0.25, 0.3) is 0 Å². The van der Waals surface area contributed by atoms with Gasteiger partial charge in [0.1, 0.15) is 5.82 Å². The lowest BCUT2D eigenvalue weighted by Gasteiger charge is -2.29. The fourth-order valence-electron chi connectivity index (χ4n) is 3.14. The normalized spacial score (nSPS) is 17.2. The maximum atomic E-state index is 4.74. The van der Waals surface area contributed by atoms with E-state index in [4.69, 9.17) is 4.98 Å². The van der Waals surface area contributed by atoms with Gasteiger partial charge < -0.3 is 4.90 Å². The van der Waals surface area contributed by atoms with Crippen LogP contribution in [-0.4, -0.2) is 52.0 Å². The monoisotopic (exact) mass is 318 g/mol. The summed E-state index contributed by atoms with van der Waals surface area (Å²) >= 11 is 0. The molecule has 1 fully saturated rings. The van der Waals surface area contributed by atoms with Gasteiger partial charge in [0.15, 0.2) is 0 Å². The maximum absolute atomic E-state index is 4.74. The van der Waals surface area contributed by atoms with Gasteiger partial charge in [-0.25, -0.2) is 9.97 Å². The van der Waals surface area contributed by atoms with Crippen molar-refractivity contribution in [1.82, 2.24) is 19.8 Å². The molecule has 0 atom stereocenters. The third-order valence-corrected chi connectivity index (χ3v) is 4.75. The van der Waals surface area contributed by atoms with Gasteiger partial charge in [0.25, 0.3) is 0 Å². The molecule has 1 aromatic rings. The first-order valence-electron chi connectivity index (χ1n) is 9.34. The van der Waals surface area contributed by atoms with Crippen LogP contribution in [0.5, 0.6) is 0 Å². The fraction of sp³-hybridized carbons (Fsp3) is 0.789. The minimum atomic E-state index is 0.388. The smallest absolute Gasteiger partial charge is 0.131 e. The Bertz CT molecular complexity index is 450. The molecule has 1 saturated heterocycles. The Morgan fingerprint density at radius 1 is 1.09 bits per heavy atom. The van der Waals surface area contributed by atoms with Crippen LogP contribution in [-0.2, 0) is 6.54 Å². The molecule has 0 saturated carbocycles. The molecule has 1 aromatic heterocycles. The first-order valence-corrected chi connectivity index (χ1v) is 9.34. The Balaban J connectivity index is 1.91. The molecule has 0 spiro atoms. The molecule has 2 heterocycles. The molecule has 2 rings (SSSR count). The molecule has 0 amide bonds. The SMILES string of the molecule is CC(C)c1nccc(CN(CCN2CCCCCC2)C(C)C)n1. The average molecular weight is 319 g/mol. The van der Waals surface area contributed by atoms with Crippen molar-refractivity contribution in [3.8, 4) is 0 Å². The number of hydrogen-bond donors (Lipinski definition) is 0. The molecule has 0 aromatic carbocycles. The Hall–Kier alpha value is -1.00. The van der Waals surface area contributed by atoms with E-state index in [9.17, 15) is 0 Å². The standard InChI is InChI=1S/C19H34N4/c1-16(2)19-20-10-9-18(21-19)15-23(17(3)4)14-13-22-11-7-5-6-8-12-22/h9-10,16-17H,5-8,11-15H2,1-4H3. The van der Waals surface area contributed by atoms with Gasteiger partial charge in [-0.15, -0.1) is 0 Å². The second-order valence-corrected chi connectivity index (χ2v) is 7.38. The maximum Gasteiger partial charge on any atom is 0.131 e. The highest BCUT2D eigenvalue weighted by Gasteiger charge is 2.15. The molecule has 0 unspecified atom stereocenters. The second-order valence-electron chi connectivity index (χ2n) is 7.38. The Labute approximate surface area is 142 Å². The van der Waals surface area contributed by atoms with Crippen LogP contribution in [0.1, 0.15) is 70.8 Å². The average Bonchev–Trinajstić information content (AvgIpc) is 2.80. The number of rotatable bonds is 7. The largest absolute Gasteiger partial charge is 0.302 e. The fourth-order valence-corrected chi connectivity index (χ4v) is 3.14. The van der Waals surface area contributed by atoms with Crippen LogP contribution in [0.4, 0.5) is 0 Å². The molecular formula is C19H34N4. The minimum absolute atomic E-state index is 0.388. The molecule has 0 aliphatic carbocycles. The Morgan fingerprint density at radius 2 is 1.78 bits per heavy atom. The third-order valence-electron chi connectivity index (χ3n) is 4.75. The summed E-state index contributed by atoms with van der Waals surface area (Å²) in [4.78, 5) is 14.3. The third kappa shape index (κ3) is 6.19. The lowest BCUT2D eigenvalue weighted by Crippen LogP contribution is -2.39. The predicted octanol–water partition coefficient (Wildman–Crippen LogP) is 3.69. The van der Waals surface area contributed by atoms with Gasteiger partial charge in [0, 0.05) is 37.8 Å². The first-order chi connectivity index (χ1) is 11.1. The summed E-state index contributed by atoms with van der Waals surface area (Å²) in [6, 6.07) is 2.60. The van der Waals surface area contributed by atoms with Crippen molar-refractivity contribution in [2.24, 2.45) is 0 Å². The van der Waals surface area contributed by atoms with E-state index in [0.29, 0.717) is 12.0 Å². The van der Waals surface area contributed by atoms with Gasteiger partial charge in [0.2, 0.25) is 0 Å². The molecule has 4 heteroatoms. The van der Waals surface area contributed by atoms with Crippen LogP contribution < -0.4 is 0 Å². The summed E-state index contributed by atoms with van der Waals surface area (Å²) in [5.74, 6) is 1.35. The number of hydrogen-bond acceptors (Lipinski definition) is 4. The first kappa shape index (κ1) is 18.3. The van der Waals surface area contributed by atoms with Crippen LogP contribution in [0.3, 0.4) is 0 Å². The summed E-state index contributed by atoms with van der Waals surface area (Å²) in [7, 11) is 0. The van der Waals surface area contributed by atoms with Gasteiger partial charge in [-0.05, 0) is 45.8 Å². The molecule has 1 aliphatic rings. The molecule has 0 N–H and O–H groups in total. The zero-order chi connectivity index (χ0) is 16.7.